The van der Waals surface area contributed by atoms with Gasteiger partial charge in [0.2, 0.25) is 0 Å². The zero-order valence-corrected chi connectivity index (χ0v) is 13.7. The summed E-state index contributed by atoms with van der Waals surface area (Å²) in [6.45, 7) is 12.6. The molecule has 0 aromatic carbocycles. The SMILES string of the molecule is C=C(C)C(/N=C\C)=C(\C=C/C)C(/C=N\CNC1CC1)=C/C. The molecule has 0 radical (unpaired) electrons. The summed E-state index contributed by atoms with van der Waals surface area (Å²) in [6, 6.07) is 0.678. The van der Waals surface area contributed by atoms with Crippen LogP contribution in [0.15, 0.2) is 57.2 Å². The van der Waals surface area contributed by atoms with Crippen molar-refractivity contribution in [1.29, 1.82) is 0 Å². The third kappa shape index (κ3) is 6.05. The smallest absolute Gasteiger partial charge is 0.0886 e. The van der Waals surface area contributed by atoms with Crippen molar-refractivity contribution in [3.8, 4) is 0 Å². The van der Waals surface area contributed by atoms with Crippen molar-refractivity contribution < 1.29 is 0 Å². The highest BCUT2D eigenvalue weighted by Crippen LogP contribution is 2.22. The van der Waals surface area contributed by atoms with Gasteiger partial charge >= 0.3 is 0 Å². The van der Waals surface area contributed by atoms with Crippen LogP contribution < -0.4 is 5.32 Å². The lowest BCUT2D eigenvalue weighted by Crippen LogP contribution is -2.15. The number of nitrogens with one attached hydrogen (secondary N) is 1. The molecule has 114 valence electrons. The van der Waals surface area contributed by atoms with Crippen molar-refractivity contribution >= 4 is 12.4 Å². The summed E-state index contributed by atoms with van der Waals surface area (Å²) in [7, 11) is 0. The van der Waals surface area contributed by atoms with Gasteiger partial charge in [0.15, 0.2) is 0 Å². The number of allylic oxidation sites excluding steroid dienone is 6. The van der Waals surface area contributed by atoms with Gasteiger partial charge < -0.3 is 0 Å². The lowest BCUT2D eigenvalue weighted by Gasteiger charge is -2.09. The van der Waals surface area contributed by atoms with E-state index in [1.807, 2.05) is 40.0 Å². The Kier molecular flexibility index (Phi) is 7.62. The molecule has 1 aliphatic rings. The maximum atomic E-state index is 4.47. The molecule has 1 rings (SSSR count). The van der Waals surface area contributed by atoms with Crippen LogP contribution in [0.2, 0.25) is 0 Å². The first-order valence-corrected chi connectivity index (χ1v) is 7.55. The highest BCUT2D eigenvalue weighted by atomic mass is 15.0. The number of hydrogen-bond donors (Lipinski definition) is 1. The van der Waals surface area contributed by atoms with Crippen LogP contribution in [0.4, 0.5) is 0 Å². The summed E-state index contributed by atoms with van der Waals surface area (Å²) in [4.78, 5) is 8.94. The molecule has 1 N–H and O–H groups in total. The van der Waals surface area contributed by atoms with Crippen molar-refractivity contribution in [2.75, 3.05) is 6.67 Å². The molecular formula is C18H27N3. The predicted octanol–water partition coefficient (Wildman–Crippen LogP) is 4.21. The van der Waals surface area contributed by atoms with Gasteiger partial charge in [-0.3, -0.25) is 15.3 Å². The average Bonchev–Trinajstić information content (AvgIpc) is 3.27. The van der Waals surface area contributed by atoms with E-state index >= 15 is 0 Å². The van der Waals surface area contributed by atoms with Crippen LogP contribution in [0, 0.1) is 0 Å². The maximum absolute atomic E-state index is 4.47. The van der Waals surface area contributed by atoms with E-state index in [2.05, 4.69) is 34.0 Å². The molecule has 0 atom stereocenters. The van der Waals surface area contributed by atoms with Crippen LogP contribution in [-0.4, -0.2) is 25.1 Å². The zero-order chi connectivity index (χ0) is 15.7. The van der Waals surface area contributed by atoms with Crippen LogP contribution in [0.25, 0.3) is 0 Å². The summed E-state index contributed by atoms with van der Waals surface area (Å²) < 4.78 is 0. The number of rotatable bonds is 8. The third-order valence-electron chi connectivity index (χ3n) is 3.15. The molecule has 0 aromatic heterocycles. The van der Waals surface area contributed by atoms with E-state index in [-0.39, 0.29) is 0 Å². The number of nitrogens with zero attached hydrogens (tertiary/aromatic N) is 2. The molecule has 3 nitrogen and oxygen atoms in total. The summed E-state index contributed by atoms with van der Waals surface area (Å²) in [6.07, 6.45) is 12.4. The molecule has 3 heteroatoms. The van der Waals surface area contributed by atoms with E-state index in [4.69, 9.17) is 0 Å². The Morgan fingerprint density at radius 1 is 1.29 bits per heavy atom. The lowest BCUT2D eigenvalue weighted by molar-refractivity contribution is 0.706. The molecular weight excluding hydrogens is 258 g/mol. The Bertz CT molecular complexity index is 501. The molecule has 21 heavy (non-hydrogen) atoms. The minimum absolute atomic E-state index is 0.671. The molecule has 0 bridgehead atoms. The van der Waals surface area contributed by atoms with Crippen LogP contribution in [0.5, 0.6) is 0 Å². The highest BCUT2D eigenvalue weighted by Gasteiger charge is 2.19. The predicted molar refractivity (Wildman–Crippen MR) is 94.1 cm³/mol. The van der Waals surface area contributed by atoms with Crippen molar-refractivity contribution in [2.24, 2.45) is 9.98 Å². The summed E-state index contributed by atoms with van der Waals surface area (Å²) in [5.41, 5.74) is 3.98. The van der Waals surface area contributed by atoms with Crippen molar-refractivity contribution in [3.05, 3.63) is 47.2 Å². The molecule has 1 saturated carbocycles. The van der Waals surface area contributed by atoms with E-state index in [1.165, 1.54) is 12.8 Å². The Balaban J connectivity index is 2.98. The second-order valence-electron chi connectivity index (χ2n) is 5.12. The van der Waals surface area contributed by atoms with E-state index < -0.39 is 0 Å². The monoisotopic (exact) mass is 285 g/mol. The minimum Gasteiger partial charge on any atom is -0.296 e. The maximum Gasteiger partial charge on any atom is 0.0886 e. The second-order valence-corrected chi connectivity index (χ2v) is 5.12. The molecule has 1 fully saturated rings. The van der Waals surface area contributed by atoms with Gasteiger partial charge in [0.05, 0.1) is 12.4 Å². The van der Waals surface area contributed by atoms with Gasteiger partial charge in [0, 0.05) is 24.0 Å². The average molecular weight is 285 g/mol. The molecule has 1 aliphatic carbocycles. The number of hydrogen-bond acceptors (Lipinski definition) is 3. The van der Waals surface area contributed by atoms with Gasteiger partial charge in [0.1, 0.15) is 0 Å². The summed E-state index contributed by atoms with van der Waals surface area (Å²) in [5, 5.41) is 3.38. The van der Waals surface area contributed by atoms with Gasteiger partial charge in [-0.25, -0.2) is 0 Å². The Morgan fingerprint density at radius 2 is 2.00 bits per heavy atom. The van der Waals surface area contributed by atoms with Crippen LogP contribution in [0.1, 0.15) is 40.5 Å². The first kappa shape index (κ1) is 17.3. The molecule has 0 unspecified atom stereocenters. The highest BCUT2D eigenvalue weighted by molar-refractivity contribution is 5.87. The summed E-state index contributed by atoms with van der Waals surface area (Å²) in [5.74, 6) is 0. The minimum atomic E-state index is 0.671. The Hall–Kier alpha value is -1.74. The van der Waals surface area contributed by atoms with Crippen molar-refractivity contribution in [3.63, 3.8) is 0 Å². The number of aliphatic imine (C=N–C) groups is 2. The van der Waals surface area contributed by atoms with E-state index in [1.54, 1.807) is 6.21 Å². The summed E-state index contributed by atoms with van der Waals surface area (Å²) >= 11 is 0. The fraction of sp³-hybridized carbons (Fsp3) is 0.444. The van der Waals surface area contributed by atoms with Crippen LogP contribution in [0.3, 0.4) is 0 Å². The molecule has 0 aliphatic heterocycles. The largest absolute Gasteiger partial charge is 0.296 e. The van der Waals surface area contributed by atoms with Gasteiger partial charge in [-0.1, -0.05) is 24.8 Å². The molecule has 0 amide bonds. The molecule has 0 saturated heterocycles. The second kappa shape index (κ2) is 9.24. The van der Waals surface area contributed by atoms with Crippen molar-refractivity contribution in [1.82, 2.24) is 5.32 Å². The molecule has 0 heterocycles. The fourth-order valence-electron chi connectivity index (χ4n) is 1.93. The first-order valence-electron chi connectivity index (χ1n) is 7.55. The molecule has 0 spiro atoms. The van der Waals surface area contributed by atoms with Crippen LogP contribution >= 0.6 is 0 Å². The fourth-order valence-corrected chi connectivity index (χ4v) is 1.93. The topological polar surface area (TPSA) is 36.8 Å². The first-order chi connectivity index (χ1) is 10.1. The van der Waals surface area contributed by atoms with Gasteiger partial charge in [0.25, 0.3) is 0 Å². The third-order valence-corrected chi connectivity index (χ3v) is 3.15. The van der Waals surface area contributed by atoms with Gasteiger partial charge in [-0.2, -0.15) is 0 Å². The Morgan fingerprint density at radius 3 is 2.48 bits per heavy atom. The quantitative estimate of drug-likeness (QED) is 0.526. The van der Waals surface area contributed by atoms with E-state index in [0.717, 1.165) is 22.4 Å². The Labute approximate surface area is 129 Å². The molecule has 0 aromatic rings. The zero-order valence-electron chi connectivity index (χ0n) is 13.7. The normalized spacial score (nSPS) is 18.0. The standard InChI is InChI=1S/C18H27N3/c1-6-9-17(18(14(4)5)20-8-3)15(7-2)12-19-13-21-16-10-11-16/h6-9,12,16,21H,4,10-11,13H2,1-3,5H3/b9-6-,15-7+,18-17-,19-12-,20-8-. The van der Waals surface area contributed by atoms with Crippen LogP contribution in [-0.2, 0) is 0 Å². The van der Waals surface area contributed by atoms with E-state index in [9.17, 15) is 0 Å². The lowest BCUT2D eigenvalue weighted by atomic mass is 10.0. The van der Waals surface area contributed by atoms with Crippen molar-refractivity contribution in [2.45, 2.75) is 46.6 Å². The van der Waals surface area contributed by atoms with Gasteiger partial charge in [-0.15, -0.1) is 0 Å². The van der Waals surface area contributed by atoms with Gasteiger partial charge in [-0.05, 0) is 51.7 Å². The van der Waals surface area contributed by atoms with E-state index in [0.29, 0.717) is 12.7 Å².